The second-order valence-corrected chi connectivity index (χ2v) is 2.41. The van der Waals surface area contributed by atoms with Gasteiger partial charge in [-0.05, 0) is 19.1 Å². The fourth-order valence-electron chi connectivity index (χ4n) is 0.718. The number of benzene rings is 1. The highest BCUT2D eigenvalue weighted by molar-refractivity contribution is 8.93. The Bertz CT molecular complexity index is 205. The topological polar surface area (TPSA) is 18.5 Å². The zero-order valence-electron chi connectivity index (χ0n) is 6.77. The van der Waals surface area contributed by atoms with E-state index in [2.05, 4.69) is 9.47 Å². The Labute approximate surface area is 85.3 Å². The lowest BCUT2D eigenvalue weighted by Gasteiger charge is -2.11. The number of para-hydroxylation sites is 1. The zero-order chi connectivity index (χ0) is 8.10. The molecule has 2 unspecified atom stereocenters. The highest BCUT2D eigenvalue weighted by atomic mass is 79.9. The van der Waals surface area contributed by atoms with Crippen LogP contribution >= 0.6 is 26.4 Å². The van der Waals surface area contributed by atoms with Crippen LogP contribution in [0.5, 0.6) is 5.75 Å². The monoisotopic (exact) mass is 250 g/mol. The van der Waals surface area contributed by atoms with Crippen molar-refractivity contribution < 1.29 is 9.26 Å². The summed E-state index contributed by atoms with van der Waals surface area (Å²) in [6, 6.07) is 9.56. The molecule has 68 valence electrons. The molecule has 4 heteroatoms. The summed E-state index contributed by atoms with van der Waals surface area (Å²) in [5, 5.41) is 0. The zero-order valence-corrected chi connectivity index (χ0v) is 9.63. The predicted octanol–water partition coefficient (Wildman–Crippen LogP) is 2.80. The summed E-state index contributed by atoms with van der Waals surface area (Å²) in [6.45, 7) is 1.83. The molecule has 0 saturated heterocycles. The molecule has 1 aromatic carbocycles. The van der Waals surface area contributed by atoms with Gasteiger partial charge in [0.25, 0.3) is 0 Å². The maximum absolute atomic E-state index is 5.32. The third-order valence-electron chi connectivity index (χ3n) is 1.24. The minimum absolute atomic E-state index is 0. The van der Waals surface area contributed by atoms with Crippen LogP contribution in [0, 0.1) is 0 Å². The standard InChI is InChI=1S/C8H11O2P.BrH/c1-7(10-11)9-8-5-3-2-4-6-8;/h2-7H,11H2,1H3;1H. The van der Waals surface area contributed by atoms with E-state index in [1.54, 1.807) is 0 Å². The molecule has 0 N–H and O–H groups in total. The molecule has 2 nitrogen and oxygen atoms in total. The Hall–Kier alpha value is -0.110. The van der Waals surface area contributed by atoms with Gasteiger partial charge in [0.15, 0.2) is 6.29 Å². The van der Waals surface area contributed by atoms with Crippen LogP contribution in [-0.2, 0) is 4.52 Å². The Morgan fingerprint density at radius 3 is 2.33 bits per heavy atom. The minimum atomic E-state index is -0.220. The van der Waals surface area contributed by atoms with Gasteiger partial charge >= 0.3 is 0 Å². The van der Waals surface area contributed by atoms with E-state index < -0.39 is 0 Å². The highest BCUT2D eigenvalue weighted by Crippen LogP contribution is 2.11. The molecule has 2 atom stereocenters. The van der Waals surface area contributed by atoms with Crippen LogP contribution in [0.3, 0.4) is 0 Å². The van der Waals surface area contributed by atoms with Crippen LogP contribution < -0.4 is 4.74 Å². The van der Waals surface area contributed by atoms with Crippen molar-refractivity contribution in [1.82, 2.24) is 0 Å². The van der Waals surface area contributed by atoms with Crippen molar-refractivity contribution in [3.63, 3.8) is 0 Å². The molecular weight excluding hydrogens is 239 g/mol. The average molecular weight is 251 g/mol. The number of halogens is 1. The van der Waals surface area contributed by atoms with Crippen molar-refractivity contribution in [2.45, 2.75) is 13.2 Å². The van der Waals surface area contributed by atoms with E-state index in [1.807, 2.05) is 37.3 Å². The summed E-state index contributed by atoms with van der Waals surface area (Å²) in [5.41, 5.74) is 0. The summed E-state index contributed by atoms with van der Waals surface area (Å²) in [7, 11) is 2.16. The van der Waals surface area contributed by atoms with E-state index >= 15 is 0 Å². The summed E-state index contributed by atoms with van der Waals surface area (Å²) < 4.78 is 10.2. The van der Waals surface area contributed by atoms with Gasteiger partial charge in [-0.15, -0.1) is 17.0 Å². The van der Waals surface area contributed by atoms with Crippen LogP contribution in [0.1, 0.15) is 6.92 Å². The van der Waals surface area contributed by atoms with Gasteiger partial charge in [-0.2, -0.15) is 0 Å². The lowest BCUT2D eigenvalue weighted by molar-refractivity contribution is 0.0390. The largest absolute Gasteiger partial charge is 0.465 e. The second-order valence-electron chi connectivity index (χ2n) is 2.13. The first-order valence-corrected chi connectivity index (χ1v) is 3.87. The van der Waals surface area contributed by atoms with Crippen LogP contribution in [0.2, 0.25) is 0 Å². The van der Waals surface area contributed by atoms with Crippen LogP contribution in [0.15, 0.2) is 30.3 Å². The van der Waals surface area contributed by atoms with Crippen molar-refractivity contribution in [2.24, 2.45) is 0 Å². The van der Waals surface area contributed by atoms with Gasteiger partial charge in [0.1, 0.15) is 5.75 Å². The quantitative estimate of drug-likeness (QED) is 0.607. The summed E-state index contributed by atoms with van der Waals surface area (Å²) >= 11 is 0. The van der Waals surface area contributed by atoms with Crippen molar-refractivity contribution in [3.05, 3.63) is 30.3 Å². The Morgan fingerprint density at radius 1 is 1.25 bits per heavy atom. The molecule has 0 fully saturated rings. The Balaban J connectivity index is 0.00000121. The molecule has 1 rings (SSSR count). The van der Waals surface area contributed by atoms with E-state index in [4.69, 9.17) is 9.26 Å². The Morgan fingerprint density at radius 2 is 1.83 bits per heavy atom. The van der Waals surface area contributed by atoms with Crippen molar-refractivity contribution >= 4 is 26.4 Å². The third kappa shape index (κ3) is 4.05. The van der Waals surface area contributed by atoms with Crippen LogP contribution in [-0.4, -0.2) is 6.29 Å². The van der Waals surface area contributed by atoms with Gasteiger partial charge in [0.05, 0.1) is 0 Å². The fraction of sp³-hybridized carbons (Fsp3) is 0.250. The van der Waals surface area contributed by atoms with Crippen molar-refractivity contribution in [3.8, 4) is 5.75 Å². The highest BCUT2D eigenvalue weighted by Gasteiger charge is 1.98. The first-order chi connectivity index (χ1) is 5.33. The van der Waals surface area contributed by atoms with Gasteiger partial charge in [0.2, 0.25) is 0 Å². The number of rotatable bonds is 3. The summed E-state index contributed by atoms with van der Waals surface area (Å²) in [6.07, 6.45) is -0.220. The molecule has 0 aliphatic heterocycles. The van der Waals surface area contributed by atoms with E-state index in [1.165, 1.54) is 0 Å². The molecule has 0 aliphatic rings. The van der Waals surface area contributed by atoms with E-state index in [0.29, 0.717) is 0 Å². The van der Waals surface area contributed by atoms with Gasteiger partial charge in [0, 0.05) is 9.47 Å². The van der Waals surface area contributed by atoms with E-state index in [0.717, 1.165) is 5.75 Å². The van der Waals surface area contributed by atoms with Gasteiger partial charge < -0.3 is 9.26 Å². The smallest absolute Gasteiger partial charge is 0.199 e. The fourth-order valence-corrected chi connectivity index (χ4v) is 0.774. The summed E-state index contributed by atoms with van der Waals surface area (Å²) in [4.78, 5) is 0. The lowest BCUT2D eigenvalue weighted by Crippen LogP contribution is -2.10. The normalized spacial score (nSPS) is 11.5. The number of hydrogen-bond donors (Lipinski definition) is 0. The molecule has 0 radical (unpaired) electrons. The van der Waals surface area contributed by atoms with Crippen LogP contribution in [0.25, 0.3) is 0 Å². The molecule has 12 heavy (non-hydrogen) atoms. The molecule has 0 aromatic heterocycles. The van der Waals surface area contributed by atoms with Crippen LogP contribution in [0.4, 0.5) is 0 Å². The predicted molar refractivity (Wildman–Crippen MR) is 57.6 cm³/mol. The molecule has 0 spiro atoms. The molecular formula is C8H12BrO2P. The molecule has 0 heterocycles. The van der Waals surface area contributed by atoms with Crippen molar-refractivity contribution in [2.75, 3.05) is 0 Å². The van der Waals surface area contributed by atoms with Gasteiger partial charge in [-0.25, -0.2) is 0 Å². The SMILES string of the molecule is Br.CC(OP)Oc1ccccc1. The maximum atomic E-state index is 5.32. The van der Waals surface area contributed by atoms with E-state index in [-0.39, 0.29) is 23.3 Å². The number of ether oxygens (including phenoxy) is 1. The first kappa shape index (κ1) is 11.9. The average Bonchev–Trinajstić information content (AvgIpc) is 2.06. The van der Waals surface area contributed by atoms with E-state index in [9.17, 15) is 0 Å². The minimum Gasteiger partial charge on any atom is -0.465 e. The maximum Gasteiger partial charge on any atom is 0.199 e. The number of hydrogen-bond acceptors (Lipinski definition) is 2. The Kier molecular flexibility index (Phi) is 6.35. The summed E-state index contributed by atoms with van der Waals surface area (Å²) in [5.74, 6) is 0.822. The first-order valence-electron chi connectivity index (χ1n) is 3.40. The third-order valence-corrected chi connectivity index (χ3v) is 1.62. The second kappa shape index (κ2) is 6.41. The lowest BCUT2D eigenvalue weighted by atomic mass is 10.3. The van der Waals surface area contributed by atoms with Gasteiger partial charge in [-0.3, -0.25) is 0 Å². The van der Waals surface area contributed by atoms with Crippen molar-refractivity contribution in [1.29, 1.82) is 0 Å². The molecule has 0 amide bonds. The molecule has 0 aliphatic carbocycles. The molecule has 1 aromatic rings. The molecule has 0 bridgehead atoms. The van der Waals surface area contributed by atoms with Gasteiger partial charge in [-0.1, -0.05) is 18.2 Å². The molecule has 0 saturated carbocycles.